The van der Waals surface area contributed by atoms with Crippen LogP contribution in [0.2, 0.25) is 0 Å². The summed E-state index contributed by atoms with van der Waals surface area (Å²) in [4.78, 5) is 10.8. The van der Waals surface area contributed by atoms with Crippen molar-refractivity contribution in [3.63, 3.8) is 0 Å². The molecule has 0 aliphatic carbocycles. The number of primary amides is 1. The molecule has 1 rings (SSSR count). The quantitative estimate of drug-likeness (QED) is 0.522. The molecule has 0 aromatic carbocycles. The molecule has 0 unspecified atom stereocenters. The fourth-order valence-corrected chi connectivity index (χ4v) is 2.13. The van der Waals surface area contributed by atoms with E-state index in [4.69, 9.17) is 5.73 Å². The number of urea groups is 1. The first-order chi connectivity index (χ1) is 9.22. The maximum absolute atomic E-state index is 10.8. The van der Waals surface area contributed by atoms with Crippen LogP contribution >= 0.6 is 0 Å². The van der Waals surface area contributed by atoms with Gasteiger partial charge in [-0.15, -0.1) is 0 Å². The topological polar surface area (TPSA) is 59.0 Å². The summed E-state index contributed by atoms with van der Waals surface area (Å²) in [7, 11) is 0. The van der Waals surface area contributed by atoms with Crippen LogP contribution in [-0.4, -0.2) is 6.03 Å². The normalized spacial score (nSPS) is 10.4. The van der Waals surface area contributed by atoms with Gasteiger partial charge < -0.3 is 11.1 Å². The predicted octanol–water partition coefficient (Wildman–Crippen LogP) is 3.22. The molecule has 19 heavy (non-hydrogen) atoms. The highest BCUT2D eigenvalue weighted by atomic mass is 16.2. The first kappa shape index (κ1) is 15.5. The zero-order valence-corrected chi connectivity index (χ0v) is 11.9. The number of nitrogens with zero attached hydrogens (tertiary/aromatic N) is 1. The minimum atomic E-state index is -0.520. The van der Waals surface area contributed by atoms with Gasteiger partial charge in [0, 0.05) is 12.5 Å². The average molecular weight is 264 g/mol. The first-order valence-corrected chi connectivity index (χ1v) is 7.28. The van der Waals surface area contributed by atoms with Gasteiger partial charge in [0.25, 0.3) is 0 Å². The largest absolute Gasteiger partial charge is 0.351 e. The Morgan fingerprint density at radius 1 is 1.21 bits per heavy atom. The van der Waals surface area contributed by atoms with Gasteiger partial charge in [-0.1, -0.05) is 39.0 Å². The lowest BCUT2D eigenvalue weighted by molar-refractivity contribution is -0.696. The van der Waals surface area contributed by atoms with Gasteiger partial charge in [0.1, 0.15) is 12.2 Å². The maximum atomic E-state index is 10.8. The Morgan fingerprint density at radius 3 is 2.58 bits per heavy atom. The zero-order chi connectivity index (χ0) is 13.9. The second kappa shape index (κ2) is 9.36. The van der Waals surface area contributed by atoms with Gasteiger partial charge in [0.05, 0.1) is 0 Å². The van der Waals surface area contributed by atoms with E-state index in [1.807, 2.05) is 24.5 Å². The standard InChI is InChI=1S/C15H25N3O/c1-2-3-4-5-6-7-8-11-18-12-9-10-14(13-18)17-15(16)19/h9-10,12-13H,2-8,11H2,1H3,(H2-,16,17,19)/p+1. The molecule has 0 atom stereocenters. The first-order valence-electron chi connectivity index (χ1n) is 7.28. The van der Waals surface area contributed by atoms with E-state index in [1.165, 1.54) is 44.9 Å². The molecule has 0 saturated carbocycles. The highest BCUT2D eigenvalue weighted by Gasteiger charge is 2.03. The monoisotopic (exact) mass is 264 g/mol. The van der Waals surface area contributed by atoms with Crippen molar-refractivity contribution in [2.45, 2.75) is 58.4 Å². The molecular weight excluding hydrogens is 238 g/mol. The number of carbonyl (C=O) groups excluding carboxylic acids is 1. The lowest BCUT2D eigenvalue weighted by Crippen LogP contribution is -2.33. The van der Waals surface area contributed by atoms with Gasteiger partial charge in [-0.2, -0.15) is 0 Å². The average Bonchev–Trinajstić information content (AvgIpc) is 2.37. The van der Waals surface area contributed by atoms with Crippen LogP contribution in [0, 0.1) is 0 Å². The predicted molar refractivity (Wildman–Crippen MR) is 77.8 cm³/mol. The molecule has 0 aliphatic rings. The van der Waals surface area contributed by atoms with Crippen molar-refractivity contribution < 1.29 is 9.36 Å². The van der Waals surface area contributed by atoms with Crippen molar-refractivity contribution in [3.8, 4) is 0 Å². The lowest BCUT2D eigenvalue weighted by Gasteiger charge is -2.02. The Bertz CT molecular complexity index is 379. The van der Waals surface area contributed by atoms with Crippen LogP contribution in [0.25, 0.3) is 0 Å². The van der Waals surface area contributed by atoms with E-state index in [1.54, 1.807) is 0 Å². The third-order valence-electron chi connectivity index (χ3n) is 3.15. The van der Waals surface area contributed by atoms with Crippen LogP contribution in [-0.2, 0) is 6.54 Å². The maximum Gasteiger partial charge on any atom is 0.316 e. The number of anilines is 1. The van der Waals surface area contributed by atoms with Crippen LogP contribution < -0.4 is 15.6 Å². The summed E-state index contributed by atoms with van der Waals surface area (Å²) in [6.45, 7) is 3.23. The van der Waals surface area contributed by atoms with Crippen LogP contribution in [0.5, 0.6) is 0 Å². The number of rotatable bonds is 9. The lowest BCUT2D eigenvalue weighted by atomic mass is 10.1. The van der Waals surface area contributed by atoms with Crippen molar-refractivity contribution in [1.82, 2.24) is 0 Å². The number of amides is 2. The summed E-state index contributed by atoms with van der Waals surface area (Å²) in [5, 5.41) is 2.59. The van der Waals surface area contributed by atoms with Crippen LogP contribution in [0.3, 0.4) is 0 Å². The highest BCUT2D eigenvalue weighted by Crippen LogP contribution is 2.07. The molecule has 0 bridgehead atoms. The molecule has 0 aliphatic heterocycles. The summed E-state index contributed by atoms with van der Waals surface area (Å²) in [5.41, 5.74) is 5.84. The molecule has 1 heterocycles. The van der Waals surface area contributed by atoms with Gasteiger partial charge >= 0.3 is 6.03 Å². The summed E-state index contributed by atoms with van der Waals surface area (Å²) < 4.78 is 2.09. The minimum Gasteiger partial charge on any atom is -0.351 e. The third-order valence-corrected chi connectivity index (χ3v) is 3.15. The van der Waals surface area contributed by atoms with Crippen molar-refractivity contribution in [3.05, 3.63) is 24.5 Å². The molecule has 2 amide bonds. The number of carbonyl (C=O) groups is 1. The smallest absolute Gasteiger partial charge is 0.316 e. The molecule has 0 radical (unpaired) electrons. The fourth-order valence-electron chi connectivity index (χ4n) is 2.13. The van der Waals surface area contributed by atoms with Crippen LogP contribution in [0.1, 0.15) is 51.9 Å². The van der Waals surface area contributed by atoms with Gasteiger partial charge in [0.15, 0.2) is 12.4 Å². The molecule has 0 saturated heterocycles. The molecule has 0 fully saturated rings. The second-order valence-corrected chi connectivity index (χ2v) is 4.94. The molecule has 1 aromatic heterocycles. The zero-order valence-electron chi connectivity index (χ0n) is 11.9. The number of aromatic nitrogens is 1. The van der Waals surface area contributed by atoms with Gasteiger partial charge in [-0.25, -0.2) is 9.36 Å². The Hall–Kier alpha value is -1.58. The molecule has 1 aromatic rings. The van der Waals surface area contributed by atoms with E-state index >= 15 is 0 Å². The number of aryl methyl sites for hydroxylation is 1. The van der Waals surface area contributed by atoms with Crippen molar-refractivity contribution in [2.24, 2.45) is 5.73 Å². The molecule has 106 valence electrons. The van der Waals surface area contributed by atoms with E-state index in [0.29, 0.717) is 0 Å². The minimum absolute atomic E-state index is 0.520. The van der Waals surface area contributed by atoms with E-state index < -0.39 is 6.03 Å². The van der Waals surface area contributed by atoms with E-state index in [-0.39, 0.29) is 0 Å². The third kappa shape index (κ3) is 7.44. The summed E-state index contributed by atoms with van der Waals surface area (Å²) in [5.74, 6) is 0. The fraction of sp³-hybridized carbons (Fsp3) is 0.600. The summed E-state index contributed by atoms with van der Waals surface area (Å²) >= 11 is 0. The van der Waals surface area contributed by atoms with Crippen LogP contribution in [0.15, 0.2) is 24.5 Å². The highest BCUT2D eigenvalue weighted by molar-refractivity contribution is 5.87. The summed E-state index contributed by atoms with van der Waals surface area (Å²) in [6.07, 6.45) is 13.1. The Labute approximate surface area is 116 Å². The molecule has 3 N–H and O–H groups in total. The van der Waals surface area contributed by atoms with E-state index in [2.05, 4.69) is 16.8 Å². The van der Waals surface area contributed by atoms with E-state index in [9.17, 15) is 4.79 Å². The van der Waals surface area contributed by atoms with Crippen molar-refractivity contribution in [2.75, 3.05) is 5.32 Å². The van der Waals surface area contributed by atoms with Gasteiger partial charge in [-0.3, -0.25) is 0 Å². The number of unbranched alkanes of at least 4 members (excludes halogenated alkanes) is 6. The summed E-state index contributed by atoms with van der Waals surface area (Å²) in [6, 6.07) is 3.24. The Kier molecular flexibility index (Phi) is 7.63. The Balaban J connectivity index is 2.20. The number of hydrogen-bond acceptors (Lipinski definition) is 1. The number of nitrogens with one attached hydrogen (secondary N) is 1. The number of nitrogens with two attached hydrogens (primary N) is 1. The van der Waals surface area contributed by atoms with Crippen LogP contribution in [0.4, 0.5) is 10.5 Å². The van der Waals surface area contributed by atoms with Crippen molar-refractivity contribution >= 4 is 11.7 Å². The second-order valence-electron chi connectivity index (χ2n) is 4.94. The number of hydrogen-bond donors (Lipinski definition) is 2. The molecule has 4 heteroatoms. The number of pyridine rings is 1. The SMILES string of the molecule is CCCCCCCCC[n+]1cccc(NC(N)=O)c1. The van der Waals surface area contributed by atoms with E-state index in [0.717, 1.165) is 12.2 Å². The molecule has 4 nitrogen and oxygen atoms in total. The molecular formula is C15H26N3O+. The van der Waals surface area contributed by atoms with Gasteiger partial charge in [0.2, 0.25) is 0 Å². The van der Waals surface area contributed by atoms with Gasteiger partial charge in [-0.05, 0) is 12.5 Å². The van der Waals surface area contributed by atoms with Crippen molar-refractivity contribution in [1.29, 1.82) is 0 Å². The Morgan fingerprint density at radius 2 is 1.89 bits per heavy atom. The molecule has 0 spiro atoms.